The zero-order valence-electron chi connectivity index (χ0n) is 11.1. The Hall–Kier alpha value is -2.69. The van der Waals surface area contributed by atoms with Crippen LogP contribution in [0.5, 0.6) is 0 Å². The highest BCUT2D eigenvalue weighted by atomic mass is 16.2. The lowest BCUT2D eigenvalue weighted by Gasteiger charge is -2.16. The molecule has 0 aliphatic heterocycles. The highest BCUT2D eigenvalue weighted by molar-refractivity contribution is 6.40. The number of hydrogen-bond acceptors (Lipinski definition) is 3. The quantitative estimate of drug-likeness (QED) is 0.856. The van der Waals surface area contributed by atoms with Crippen molar-refractivity contribution in [1.29, 1.82) is 0 Å². The van der Waals surface area contributed by atoms with Crippen LogP contribution in [0.3, 0.4) is 0 Å². The smallest absolute Gasteiger partial charge is 0.316 e. The SMILES string of the molecule is CN(C(=O)C(=O)NCc1ccccn1)c1ccccc1. The van der Waals surface area contributed by atoms with E-state index in [9.17, 15) is 9.59 Å². The van der Waals surface area contributed by atoms with E-state index in [0.29, 0.717) is 11.4 Å². The van der Waals surface area contributed by atoms with Crippen LogP contribution >= 0.6 is 0 Å². The Balaban J connectivity index is 1.94. The van der Waals surface area contributed by atoms with Crippen LogP contribution in [0.4, 0.5) is 5.69 Å². The van der Waals surface area contributed by atoms with Crippen molar-refractivity contribution in [2.45, 2.75) is 6.54 Å². The first-order valence-electron chi connectivity index (χ1n) is 6.19. The number of nitrogens with one attached hydrogen (secondary N) is 1. The minimum atomic E-state index is -0.651. The number of aromatic nitrogens is 1. The Kier molecular flexibility index (Phi) is 4.44. The van der Waals surface area contributed by atoms with Gasteiger partial charge in [-0.3, -0.25) is 14.6 Å². The minimum absolute atomic E-state index is 0.230. The van der Waals surface area contributed by atoms with Gasteiger partial charge in [0.1, 0.15) is 0 Å². The van der Waals surface area contributed by atoms with Gasteiger partial charge >= 0.3 is 11.8 Å². The molecule has 1 heterocycles. The van der Waals surface area contributed by atoms with Gasteiger partial charge in [-0.2, -0.15) is 0 Å². The minimum Gasteiger partial charge on any atom is -0.342 e. The fraction of sp³-hybridized carbons (Fsp3) is 0.133. The van der Waals surface area contributed by atoms with Gasteiger partial charge in [0.15, 0.2) is 0 Å². The van der Waals surface area contributed by atoms with Crippen molar-refractivity contribution < 1.29 is 9.59 Å². The van der Waals surface area contributed by atoms with Crippen molar-refractivity contribution in [1.82, 2.24) is 10.3 Å². The number of pyridine rings is 1. The van der Waals surface area contributed by atoms with E-state index in [0.717, 1.165) is 0 Å². The van der Waals surface area contributed by atoms with E-state index in [-0.39, 0.29) is 6.54 Å². The van der Waals surface area contributed by atoms with Gasteiger partial charge in [0, 0.05) is 18.9 Å². The predicted octanol–water partition coefficient (Wildman–Crippen LogP) is 1.36. The van der Waals surface area contributed by atoms with E-state index in [1.54, 1.807) is 37.5 Å². The molecule has 2 aromatic rings. The maximum Gasteiger partial charge on any atom is 0.316 e. The summed E-state index contributed by atoms with van der Waals surface area (Å²) >= 11 is 0. The van der Waals surface area contributed by atoms with E-state index in [4.69, 9.17) is 0 Å². The number of nitrogens with zero attached hydrogens (tertiary/aromatic N) is 2. The molecule has 0 atom stereocenters. The number of amides is 2. The first kappa shape index (κ1) is 13.7. The fourth-order valence-electron chi connectivity index (χ4n) is 1.67. The Morgan fingerprint density at radius 2 is 1.80 bits per heavy atom. The summed E-state index contributed by atoms with van der Waals surface area (Å²) in [7, 11) is 1.57. The number of benzene rings is 1. The highest BCUT2D eigenvalue weighted by Gasteiger charge is 2.19. The monoisotopic (exact) mass is 269 g/mol. The zero-order chi connectivity index (χ0) is 14.4. The average Bonchev–Trinajstić information content (AvgIpc) is 2.53. The van der Waals surface area contributed by atoms with E-state index in [2.05, 4.69) is 10.3 Å². The molecule has 2 amide bonds. The summed E-state index contributed by atoms with van der Waals surface area (Å²) in [6, 6.07) is 14.4. The number of carbonyl (C=O) groups is 2. The molecule has 0 aliphatic rings. The van der Waals surface area contributed by atoms with Crippen LogP contribution in [-0.4, -0.2) is 23.8 Å². The van der Waals surface area contributed by atoms with Crippen molar-refractivity contribution >= 4 is 17.5 Å². The summed E-state index contributed by atoms with van der Waals surface area (Å²) in [6.07, 6.45) is 1.64. The fourth-order valence-corrected chi connectivity index (χ4v) is 1.67. The third kappa shape index (κ3) is 3.41. The van der Waals surface area contributed by atoms with Gasteiger partial charge in [0.2, 0.25) is 0 Å². The number of para-hydroxylation sites is 1. The van der Waals surface area contributed by atoms with Gasteiger partial charge in [-0.05, 0) is 24.3 Å². The predicted molar refractivity (Wildman–Crippen MR) is 75.9 cm³/mol. The Bertz CT molecular complexity index is 585. The van der Waals surface area contributed by atoms with Gasteiger partial charge in [-0.1, -0.05) is 24.3 Å². The molecule has 5 heteroatoms. The molecule has 5 nitrogen and oxygen atoms in total. The molecule has 0 unspecified atom stereocenters. The van der Waals surface area contributed by atoms with Crippen molar-refractivity contribution in [3.63, 3.8) is 0 Å². The number of hydrogen-bond donors (Lipinski definition) is 1. The number of likely N-dealkylation sites (N-methyl/N-ethyl adjacent to an activating group) is 1. The molecular weight excluding hydrogens is 254 g/mol. The molecule has 0 fully saturated rings. The van der Waals surface area contributed by atoms with Gasteiger partial charge < -0.3 is 10.2 Å². The molecule has 1 N–H and O–H groups in total. The van der Waals surface area contributed by atoms with E-state index < -0.39 is 11.8 Å². The van der Waals surface area contributed by atoms with E-state index >= 15 is 0 Å². The van der Waals surface area contributed by atoms with Crippen molar-refractivity contribution in [2.75, 3.05) is 11.9 Å². The molecule has 0 saturated carbocycles. The zero-order valence-corrected chi connectivity index (χ0v) is 11.1. The second kappa shape index (κ2) is 6.47. The first-order valence-corrected chi connectivity index (χ1v) is 6.19. The van der Waals surface area contributed by atoms with E-state index in [1.165, 1.54) is 4.90 Å². The van der Waals surface area contributed by atoms with Crippen LogP contribution in [0, 0.1) is 0 Å². The van der Waals surface area contributed by atoms with Gasteiger partial charge in [0.25, 0.3) is 0 Å². The summed E-state index contributed by atoms with van der Waals surface area (Å²) < 4.78 is 0. The second-order valence-electron chi connectivity index (χ2n) is 4.20. The lowest BCUT2D eigenvalue weighted by Crippen LogP contribution is -2.40. The lowest BCUT2D eigenvalue weighted by molar-refractivity contribution is -0.137. The molecule has 0 spiro atoms. The number of rotatable bonds is 3. The summed E-state index contributed by atoms with van der Waals surface area (Å²) in [6.45, 7) is 0.230. The van der Waals surface area contributed by atoms with Gasteiger partial charge in [-0.15, -0.1) is 0 Å². The maximum absolute atomic E-state index is 12.0. The van der Waals surface area contributed by atoms with Crippen LogP contribution in [-0.2, 0) is 16.1 Å². The normalized spacial score (nSPS) is 9.85. The molecule has 102 valence electrons. The average molecular weight is 269 g/mol. The summed E-state index contributed by atoms with van der Waals surface area (Å²) in [5.41, 5.74) is 1.38. The van der Waals surface area contributed by atoms with Crippen LogP contribution < -0.4 is 10.2 Å². The standard InChI is InChI=1S/C15H15N3O2/c1-18(13-8-3-2-4-9-13)15(20)14(19)17-11-12-7-5-6-10-16-12/h2-10H,11H2,1H3,(H,17,19). The third-order valence-corrected chi connectivity index (χ3v) is 2.80. The Labute approximate surface area is 117 Å². The molecule has 1 aromatic carbocycles. The largest absolute Gasteiger partial charge is 0.342 e. The van der Waals surface area contributed by atoms with Crippen LogP contribution in [0.25, 0.3) is 0 Å². The third-order valence-electron chi connectivity index (χ3n) is 2.80. The molecule has 20 heavy (non-hydrogen) atoms. The second-order valence-corrected chi connectivity index (χ2v) is 4.20. The summed E-state index contributed by atoms with van der Waals surface area (Å²) in [4.78, 5) is 29.1. The molecule has 0 bridgehead atoms. The maximum atomic E-state index is 12.0. The molecular formula is C15H15N3O2. The van der Waals surface area contributed by atoms with Crippen molar-refractivity contribution in [3.05, 3.63) is 60.4 Å². The first-order chi connectivity index (χ1) is 9.68. The Morgan fingerprint density at radius 1 is 1.10 bits per heavy atom. The summed E-state index contributed by atoms with van der Waals surface area (Å²) in [5, 5.41) is 2.56. The molecule has 0 radical (unpaired) electrons. The molecule has 0 saturated heterocycles. The topological polar surface area (TPSA) is 62.3 Å². The summed E-state index contributed by atoms with van der Waals surface area (Å²) in [5.74, 6) is -1.26. The highest BCUT2D eigenvalue weighted by Crippen LogP contribution is 2.10. The lowest BCUT2D eigenvalue weighted by atomic mass is 10.3. The van der Waals surface area contributed by atoms with Gasteiger partial charge in [0.05, 0.1) is 12.2 Å². The van der Waals surface area contributed by atoms with Crippen molar-refractivity contribution in [2.24, 2.45) is 0 Å². The van der Waals surface area contributed by atoms with Crippen molar-refractivity contribution in [3.8, 4) is 0 Å². The van der Waals surface area contributed by atoms with Crippen LogP contribution in [0.15, 0.2) is 54.7 Å². The molecule has 2 rings (SSSR count). The Morgan fingerprint density at radius 3 is 2.45 bits per heavy atom. The molecule has 1 aromatic heterocycles. The number of carbonyl (C=O) groups excluding carboxylic acids is 2. The van der Waals surface area contributed by atoms with E-state index in [1.807, 2.05) is 24.3 Å². The van der Waals surface area contributed by atoms with Gasteiger partial charge in [-0.25, -0.2) is 0 Å². The number of anilines is 1. The van der Waals surface area contributed by atoms with Crippen LogP contribution in [0.2, 0.25) is 0 Å². The molecule has 0 aliphatic carbocycles. The van der Waals surface area contributed by atoms with Crippen LogP contribution in [0.1, 0.15) is 5.69 Å².